The van der Waals surface area contributed by atoms with E-state index in [9.17, 15) is 5.11 Å². The van der Waals surface area contributed by atoms with Crippen LogP contribution >= 0.6 is 11.3 Å². The number of aliphatic hydroxyl groups excluding tert-OH is 1. The van der Waals surface area contributed by atoms with Gasteiger partial charge in [-0.2, -0.15) is 0 Å². The van der Waals surface area contributed by atoms with Crippen LogP contribution in [0.1, 0.15) is 24.3 Å². The Kier molecular flexibility index (Phi) is 3.38. The predicted octanol–water partition coefficient (Wildman–Crippen LogP) is 1.42. The largest absolute Gasteiger partial charge is 0.396 e. The van der Waals surface area contributed by atoms with Crippen molar-refractivity contribution in [2.45, 2.75) is 25.7 Å². The van der Waals surface area contributed by atoms with Crippen LogP contribution < -0.4 is 5.73 Å². The third kappa shape index (κ3) is 2.77. The van der Waals surface area contributed by atoms with E-state index in [4.69, 9.17) is 5.73 Å². The van der Waals surface area contributed by atoms with Crippen LogP contribution in [-0.2, 0) is 6.42 Å². The highest BCUT2D eigenvalue weighted by molar-refractivity contribution is 7.09. The molecule has 3 nitrogen and oxygen atoms in total. The number of hydrogen-bond donors (Lipinski definition) is 2. The first-order valence-corrected chi connectivity index (χ1v) is 6.35. The quantitative estimate of drug-likeness (QED) is 0.771. The summed E-state index contributed by atoms with van der Waals surface area (Å²) in [6.45, 7) is 0.735. The first kappa shape index (κ1) is 11.0. The highest BCUT2D eigenvalue weighted by atomic mass is 32.1. The van der Waals surface area contributed by atoms with Gasteiger partial charge in [0.25, 0.3) is 0 Å². The van der Waals surface area contributed by atoms with Crippen molar-refractivity contribution in [2.75, 3.05) is 13.2 Å². The Morgan fingerprint density at radius 3 is 2.87 bits per heavy atom. The van der Waals surface area contributed by atoms with Crippen LogP contribution in [-0.4, -0.2) is 23.2 Å². The number of aliphatic hydroxyl groups is 1. The summed E-state index contributed by atoms with van der Waals surface area (Å²) < 4.78 is 0. The van der Waals surface area contributed by atoms with E-state index in [-0.39, 0.29) is 12.0 Å². The summed E-state index contributed by atoms with van der Waals surface area (Å²) in [6.07, 6.45) is 6.31. The van der Waals surface area contributed by atoms with Crippen LogP contribution in [0.5, 0.6) is 0 Å². The Morgan fingerprint density at radius 1 is 1.60 bits per heavy atom. The minimum Gasteiger partial charge on any atom is -0.396 e. The van der Waals surface area contributed by atoms with Gasteiger partial charge in [0, 0.05) is 30.0 Å². The smallest absolute Gasteiger partial charge is 0.0931 e. The molecule has 1 aromatic heterocycles. The van der Waals surface area contributed by atoms with Crippen molar-refractivity contribution < 1.29 is 5.11 Å². The molecule has 0 radical (unpaired) electrons. The summed E-state index contributed by atoms with van der Waals surface area (Å²) in [5.41, 5.74) is 5.70. The molecule has 84 valence electrons. The lowest BCUT2D eigenvalue weighted by Crippen LogP contribution is -2.37. The maximum atomic E-state index is 9.55. The van der Waals surface area contributed by atoms with E-state index in [0.717, 1.165) is 23.8 Å². The van der Waals surface area contributed by atoms with Crippen LogP contribution in [0.3, 0.4) is 0 Å². The maximum Gasteiger partial charge on any atom is 0.0931 e. The zero-order chi connectivity index (χ0) is 10.7. The molecule has 3 N–H and O–H groups in total. The molecule has 0 bridgehead atoms. The molecule has 0 aromatic carbocycles. The fourth-order valence-corrected chi connectivity index (χ4v) is 2.80. The first-order chi connectivity index (χ1) is 7.28. The lowest BCUT2D eigenvalue weighted by atomic mass is 9.80. The van der Waals surface area contributed by atoms with Gasteiger partial charge in [0.05, 0.1) is 11.6 Å². The van der Waals surface area contributed by atoms with Gasteiger partial charge in [-0.15, -0.1) is 11.3 Å². The second kappa shape index (κ2) is 4.60. The molecule has 0 aliphatic heterocycles. The van der Waals surface area contributed by atoms with Crippen LogP contribution in [0.25, 0.3) is 0 Å². The van der Waals surface area contributed by atoms with Gasteiger partial charge < -0.3 is 10.8 Å². The molecular formula is C11H18N2OS. The number of nitrogens with two attached hydrogens (primary N) is 1. The van der Waals surface area contributed by atoms with E-state index in [2.05, 4.69) is 4.98 Å². The van der Waals surface area contributed by atoms with Gasteiger partial charge in [0.1, 0.15) is 0 Å². The van der Waals surface area contributed by atoms with E-state index in [0.29, 0.717) is 6.54 Å². The van der Waals surface area contributed by atoms with E-state index in [1.807, 2.05) is 11.6 Å². The van der Waals surface area contributed by atoms with Gasteiger partial charge in [-0.3, -0.25) is 0 Å². The third-order valence-electron chi connectivity index (χ3n) is 3.20. The number of nitrogens with zero attached hydrogens (tertiary/aromatic N) is 1. The topological polar surface area (TPSA) is 59.1 Å². The second-order valence-corrected chi connectivity index (χ2v) is 5.59. The molecule has 1 heterocycles. The van der Waals surface area contributed by atoms with E-state index >= 15 is 0 Å². The zero-order valence-electron chi connectivity index (χ0n) is 8.85. The average molecular weight is 226 g/mol. The predicted molar refractivity (Wildman–Crippen MR) is 61.7 cm³/mol. The minimum absolute atomic E-state index is 0.126. The van der Waals surface area contributed by atoms with Crippen LogP contribution in [0.4, 0.5) is 0 Å². The molecule has 1 fully saturated rings. The fourth-order valence-electron chi connectivity index (χ4n) is 2.01. The molecule has 1 aromatic rings. The van der Waals surface area contributed by atoms with Crippen molar-refractivity contribution in [3.8, 4) is 0 Å². The average Bonchev–Trinajstić information content (AvgIpc) is 2.92. The Labute approximate surface area is 94.3 Å². The fraction of sp³-hybridized carbons (Fsp3) is 0.727. The highest BCUT2D eigenvalue weighted by Gasteiger charge is 2.36. The molecule has 4 heteroatoms. The normalized spacial score (nSPS) is 20.1. The van der Waals surface area contributed by atoms with Crippen molar-refractivity contribution in [1.82, 2.24) is 4.98 Å². The van der Waals surface area contributed by atoms with Crippen molar-refractivity contribution in [3.05, 3.63) is 16.6 Å². The number of thiazole rings is 1. The molecule has 1 atom stereocenters. The molecule has 0 spiro atoms. The van der Waals surface area contributed by atoms with Crippen molar-refractivity contribution in [1.29, 1.82) is 0 Å². The molecule has 2 rings (SSSR count). The van der Waals surface area contributed by atoms with Crippen LogP contribution in [0.15, 0.2) is 11.6 Å². The van der Waals surface area contributed by atoms with E-state index in [1.165, 1.54) is 12.8 Å². The van der Waals surface area contributed by atoms with E-state index < -0.39 is 0 Å². The molecule has 0 amide bonds. The number of hydrogen-bond acceptors (Lipinski definition) is 4. The molecule has 0 saturated heterocycles. The van der Waals surface area contributed by atoms with Gasteiger partial charge in [-0.1, -0.05) is 12.8 Å². The molecular weight excluding hydrogens is 208 g/mol. The lowest BCUT2D eigenvalue weighted by molar-refractivity contribution is 0.115. The third-order valence-corrected chi connectivity index (χ3v) is 3.98. The lowest BCUT2D eigenvalue weighted by Gasteiger charge is -2.29. The van der Waals surface area contributed by atoms with Gasteiger partial charge in [-0.05, 0) is 12.3 Å². The molecule has 1 aliphatic carbocycles. The Morgan fingerprint density at radius 2 is 2.40 bits per heavy atom. The Hall–Kier alpha value is -0.450. The van der Waals surface area contributed by atoms with Crippen molar-refractivity contribution in [3.63, 3.8) is 0 Å². The first-order valence-electron chi connectivity index (χ1n) is 5.47. The summed E-state index contributed by atoms with van der Waals surface area (Å²) in [5.74, 6) is 0.792. The molecule has 15 heavy (non-hydrogen) atoms. The zero-order valence-corrected chi connectivity index (χ0v) is 9.67. The number of aromatic nitrogens is 1. The molecule has 1 saturated carbocycles. The van der Waals surface area contributed by atoms with Gasteiger partial charge in [0.2, 0.25) is 0 Å². The SMILES string of the molecule is NCC(CO)(Cc1nccs1)CC1CC1. The van der Waals surface area contributed by atoms with Crippen LogP contribution in [0, 0.1) is 11.3 Å². The van der Waals surface area contributed by atoms with Gasteiger partial charge in [-0.25, -0.2) is 4.98 Å². The van der Waals surface area contributed by atoms with E-state index in [1.54, 1.807) is 11.3 Å². The Balaban J connectivity index is 2.02. The molecule has 1 aliphatic rings. The standard InChI is InChI=1S/C11H18N2OS/c12-7-11(8-14,5-9-1-2-9)6-10-13-3-4-15-10/h3-4,9,14H,1-2,5-8,12H2. The van der Waals surface area contributed by atoms with Gasteiger partial charge >= 0.3 is 0 Å². The van der Waals surface area contributed by atoms with Gasteiger partial charge in [0.15, 0.2) is 0 Å². The monoisotopic (exact) mass is 226 g/mol. The summed E-state index contributed by atoms with van der Waals surface area (Å²) >= 11 is 1.65. The summed E-state index contributed by atoms with van der Waals surface area (Å²) in [7, 11) is 0. The summed E-state index contributed by atoms with van der Waals surface area (Å²) in [5, 5.41) is 12.6. The van der Waals surface area contributed by atoms with Crippen molar-refractivity contribution in [2.24, 2.45) is 17.1 Å². The number of rotatable bonds is 6. The highest BCUT2D eigenvalue weighted by Crippen LogP contribution is 2.41. The summed E-state index contributed by atoms with van der Waals surface area (Å²) in [4.78, 5) is 4.28. The molecule has 1 unspecified atom stereocenters. The second-order valence-electron chi connectivity index (χ2n) is 4.61. The van der Waals surface area contributed by atoms with Crippen molar-refractivity contribution >= 4 is 11.3 Å². The summed E-state index contributed by atoms with van der Waals surface area (Å²) in [6, 6.07) is 0. The maximum absolute atomic E-state index is 9.55. The van der Waals surface area contributed by atoms with Crippen LogP contribution in [0.2, 0.25) is 0 Å². The minimum atomic E-state index is -0.126. The Bertz CT molecular complexity index is 292.